The van der Waals surface area contributed by atoms with Crippen LogP contribution in [0, 0.1) is 12.7 Å². The van der Waals surface area contributed by atoms with Gasteiger partial charge in [0.2, 0.25) is 5.91 Å². The van der Waals surface area contributed by atoms with Crippen molar-refractivity contribution in [3.8, 4) is 0 Å². The van der Waals surface area contributed by atoms with Gasteiger partial charge in [0, 0.05) is 10.1 Å². The summed E-state index contributed by atoms with van der Waals surface area (Å²) in [5.74, 6) is -2.05. The van der Waals surface area contributed by atoms with Crippen molar-refractivity contribution < 1.29 is 27.2 Å². The van der Waals surface area contributed by atoms with E-state index in [2.05, 4.69) is 5.32 Å². The number of carbonyl (C=O) groups is 2. The Balaban J connectivity index is 2.03. The fraction of sp³-hybridized carbons (Fsp3) is 0.286. The fourth-order valence-electron chi connectivity index (χ4n) is 1.97. The van der Waals surface area contributed by atoms with Crippen LogP contribution in [0.5, 0.6) is 0 Å². The van der Waals surface area contributed by atoms with Gasteiger partial charge >= 0.3 is 6.18 Å². The molecule has 0 radical (unpaired) electrons. The number of thiophene rings is 1. The van der Waals surface area contributed by atoms with Crippen LogP contribution < -0.4 is 10.6 Å². The van der Waals surface area contributed by atoms with E-state index in [4.69, 9.17) is 0 Å². The minimum absolute atomic E-state index is 0.216. The average molecular weight is 348 g/mol. The molecule has 9 heteroatoms. The van der Waals surface area contributed by atoms with Crippen LogP contribution in [-0.2, 0) is 4.79 Å². The first kappa shape index (κ1) is 17.2. The lowest BCUT2D eigenvalue weighted by molar-refractivity contribution is -0.137. The lowest BCUT2D eigenvalue weighted by Crippen LogP contribution is -2.40. The van der Waals surface area contributed by atoms with E-state index in [1.807, 2.05) is 0 Å². The molecule has 0 fully saturated rings. The summed E-state index contributed by atoms with van der Waals surface area (Å²) in [6.45, 7) is -0.486. The van der Waals surface area contributed by atoms with Crippen LogP contribution in [0.4, 0.5) is 17.6 Å². The van der Waals surface area contributed by atoms with Gasteiger partial charge in [-0.2, -0.15) is 13.2 Å². The second-order valence-electron chi connectivity index (χ2n) is 4.74. The minimum atomic E-state index is -4.51. The van der Waals surface area contributed by atoms with Gasteiger partial charge in [-0.1, -0.05) is 6.07 Å². The molecule has 2 amide bonds. The molecule has 0 saturated carbocycles. The Kier molecular flexibility index (Phi) is 4.88. The summed E-state index contributed by atoms with van der Waals surface area (Å²) in [6.07, 6.45) is -4.51. The standard InChI is InChI=1S/C14H12F4N2O2S/c1-7-11-8(15)3-2-4-9(11)23-12(7)13(22)19-5-10(21)20-6-14(16,17)18/h2-4H,5-6H2,1H3,(H,19,22)(H,20,21). The van der Waals surface area contributed by atoms with Crippen molar-refractivity contribution in [2.24, 2.45) is 0 Å². The zero-order valence-corrected chi connectivity index (χ0v) is 12.7. The number of aryl methyl sites for hydroxylation is 1. The molecule has 1 aromatic heterocycles. The highest BCUT2D eigenvalue weighted by atomic mass is 32.1. The number of benzene rings is 1. The quantitative estimate of drug-likeness (QED) is 0.835. The zero-order chi connectivity index (χ0) is 17.2. The van der Waals surface area contributed by atoms with Crippen LogP contribution >= 0.6 is 11.3 Å². The molecule has 2 N–H and O–H groups in total. The Bertz CT molecular complexity index is 755. The van der Waals surface area contributed by atoms with Crippen molar-refractivity contribution in [3.05, 3.63) is 34.5 Å². The van der Waals surface area contributed by atoms with Crippen LogP contribution in [0.3, 0.4) is 0 Å². The minimum Gasteiger partial charge on any atom is -0.345 e. The van der Waals surface area contributed by atoms with E-state index in [-0.39, 0.29) is 4.88 Å². The average Bonchev–Trinajstić information content (AvgIpc) is 2.80. The maximum Gasteiger partial charge on any atom is 0.405 e. The molecule has 0 saturated heterocycles. The number of halogens is 4. The van der Waals surface area contributed by atoms with E-state index in [9.17, 15) is 27.2 Å². The van der Waals surface area contributed by atoms with E-state index < -0.39 is 36.9 Å². The van der Waals surface area contributed by atoms with Crippen molar-refractivity contribution in [2.45, 2.75) is 13.1 Å². The molecule has 4 nitrogen and oxygen atoms in total. The zero-order valence-electron chi connectivity index (χ0n) is 11.9. The lowest BCUT2D eigenvalue weighted by atomic mass is 10.1. The predicted molar refractivity (Wildman–Crippen MR) is 77.9 cm³/mol. The van der Waals surface area contributed by atoms with Gasteiger partial charge in [0.25, 0.3) is 5.91 Å². The number of alkyl halides is 3. The van der Waals surface area contributed by atoms with Gasteiger partial charge in [-0.05, 0) is 24.6 Å². The Hall–Kier alpha value is -2.16. The Morgan fingerprint density at radius 3 is 2.52 bits per heavy atom. The summed E-state index contributed by atoms with van der Waals surface area (Å²) in [6, 6.07) is 4.44. The molecule has 2 rings (SSSR count). The summed E-state index contributed by atoms with van der Waals surface area (Å²) in [5, 5.41) is 4.19. The van der Waals surface area contributed by atoms with Crippen molar-refractivity contribution in [2.75, 3.05) is 13.1 Å². The number of nitrogens with one attached hydrogen (secondary N) is 2. The highest BCUT2D eigenvalue weighted by Crippen LogP contribution is 2.32. The lowest BCUT2D eigenvalue weighted by Gasteiger charge is -2.09. The SMILES string of the molecule is Cc1c(C(=O)NCC(=O)NCC(F)(F)F)sc2cccc(F)c12. The summed E-state index contributed by atoms with van der Waals surface area (Å²) in [4.78, 5) is 23.5. The second kappa shape index (κ2) is 6.53. The van der Waals surface area contributed by atoms with E-state index in [0.29, 0.717) is 15.6 Å². The Morgan fingerprint density at radius 2 is 1.91 bits per heavy atom. The number of hydrogen-bond donors (Lipinski definition) is 2. The largest absolute Gasteiger partial charge is 0.405 e. The molecule has 0 aliphatic rings. The van der Waals surface area contributed by atoms with Crippen molar-refractivity contribution >= 4 is 33.2 Å². The van der Waals surface area contributed by atoms with E-state index in [0.717, 1.165) is 11.3 Å². The Morgan fingerprint density at radius 1 is 1.22 bits per heavy atom. The first-order valence-electron chi connectivity index (χ1n) is 6.48. The van der Waals surface area contributed by atoms with Crippen molar-refractivity contribution in [1.29, 1.82) is 0 Å². The molecule has 0 spiro atoms. The summed E-state index contributed by atoms with van der Waals surface area (Å²) < 4.78 is 50.2. The van der Waals surface area contributed by atoms with Gasteiger partial charge in [-0.15, -0.1) is 11.3 Å². The van der Waals surface area contributed by atoms with E-state index in [1.54, 1.807) is 18.3 Å². The molecule has 124 valence electrons. The molecule has 0 aliphatic carbocycles. The molecular weight excluding hydrogens is 336 g/mol. The molecule has 0 unspecified atom stereocenters. The molecular formula is C14H12F4N2O2S. The summed E-state index contributed by atoms with van der Waals surface area (Å²) in [5.41, 5.74) is 0.427. The smallest absolute Gasteiger partial charge is 0.345 e. The van der Waals surface area contributed by atoms with Gasteiger partial charge in [-0.3, -0.25) is 9.59 Å². The fourth-order valence-corrected chi connectivity index (χ4v) is 3.11. The third-order valence-electron chi connectivity index (χ3n) is 3.00. The van der Waals surface area contributed by atoms with Gasteiger partial charge in [0.1, 0.15) is 12.4 Å². The third-order valence-corrected chi connectivity index (χ3v) is 4.26. The first-order valence-corrected chi connectivity index (χ1v) is 7.30. The molecule has 1 aromatic carbocycles. The molecule has 0 atom stereocenters. The van der Waals surface area contributed by atoms with Gasteiger partial charge < -0.3 is 10.6 Å². The molecule has 2 aromatic rings. The maximum absolute atomic E-state index is 13.8. The number of carbonyl (C=O) groups excluding carboxylic acids is 2. The third kappa shape index (κ3) is 4.19. The molecule has 0 bridgehead atoms. The maximum atomic E-state index is 13.8. The van der Waals surface area contributed by atoms with Gasteiger partial charge in [0.15, 0.2) is 0 Å². The topological polar surface area (TPSA) is 58.2 Å². The Labute approximate surface area is 132 Å². The number of amides is 2. The normalized spacial score (nSPS) is 11.5. The predicted octanol–water partition coefficient (Wildman–Crippen LogP) is 2.76. The molecule has 23 heavy (non-hydrogen) atoms. The molecule has 0 aliphatic heterocycles. The van der Waals surface area contributed by atoms with Gasteiger partial charge in [-0.25, -0.2) is 4.39 Å². The van der Waals surface area contributed by atoms with Crippen LogP contribution in [0.25, 0.3) is 10.1 Å². The van der Waals surface area contributed by atoms with E-state index in [1.165, 1.54) is 12.1 Å². The second-order valence-corrected chi connectivity index (χ2v) is 5.80. The van der Waals surface area contributed by atoms with E-state index >= 15 is 0 Å². The van der Waals surface area contributed by atoms with Crippen molar-refractivity contribution in [3.63, 3.8) is 0 Å². The first-order chi connectivity index (χ1) is 10.7. The van der Waals surface area contributed by atoms with Crippen molar-refractivity contribution in [1.82, 2.24) is 10.6 Å². The number of fused-ring (bicyclic) bond motifs is 1. The van der Waals surface area contributed by atoms with Crippen LogP contribution in [0.1, 0.15) is 15.2 Å². The summed E-state index contributed by atoms with van der Waals surface area (Å²) >= 11 is 1.05. The van der Waals surface area contributed by atoms with Crippen LogP contribution in [0.15, 0.2) is 18.2 Å². The van der Waals surface area contributed by atoms with Crippen LogP contribution in [-0.4, -0.2) is 31.1 Å². The highest BCUT2D eigenvalue weighted by Gasteiger charge is 2.27. The monoisotopic (exact) mass is 348 g/mol. The van der Waals surface area contributed by atoms with Crippen LogP contribution in [0.2, 0.25) is 0 Å². The highest BCUT2D eigenvalue weighted by molar-refractivity contribution is 7.21. The number of rotatable bonds is 4. The van der Waals surface area contributed by atoms with Gasteiger partial charge in [0.05, 0.1) is 11.4 Å². The summed E-state index contributed by atoms with van der Waals surface area (Å²) in [7, 11) is 0. The molecule has 1 heterocycles. The number of hydrogen-bond acceptors (Lipinski definition) is 3.